The van der Waals surface area contributed by atoms with Gasteiger partial charge in [0.2, 0.25) is 5.91 Å². The van der Waals surface area contributed by atoms with Crippen LogP contribution in [0, 0.1) is 13.8 Å². The Morgan fingerprint density at radius 1 is 1.38 bits per heavy atom. The average molecular weight is 291 g/mol. The number of aromatic carboxylic acids is 1. The van der Waals surface area contributed by atoms with Crippen molar-refractivity contribution in [3.63, 3.8) is 0 Å². The largest absolute Gasteiger partial charge is 0.477 e. The van der Waals surface area contributed by atoms with Gasteiger partial charge in [-0.2, -0.15) is 10.1 Å². The molecule has 0 unspecified atom stereocenters. The molecule has 1 amide bonds. The fraction of sp³-hybridized carbons (Fsp3) is 0.250. The molecule has 0 saturated carbocycles. The highest BCUT2D eigenvalue weighted by molar-refractivity contribution is 5.93. The number of H-pyrrole nitrogens is 2. The minimum atomic E-state index is -1.17. The first-order valence-electron chi connectivity index (χ1n) is 6.01. The van der Waals surface area contributed by atoms with E-state index in [-0.39, 0.29) is 17.9 Å². The average Bonchev–Trinajstić information content (AvgIpc) is 2.82. The molecule has 110 valence electrons. The summed E-state index contributed by atoms with van der Waals surface area (Å²) < 4.78 is 0. The maximum atomic E-state index is 11.9. The molecule has 21 heavy (non-hydrogen) atoms. The number of carboxylic acids is 1. The summed E-state index contributed by atoms with van der Waals surface area (Å²) in [4.78, 5) is 40.0. The number of aromatic amines is 2. The molecule has 9 heteroatoms. The van der Waals surface area contributed by atoms with E-state index < -0.39 is 17.6 Å². The lowest BCUT2D eigenvalue weighted by Crippen LogP contribution is -2.21. The van der Waals surface area contributed by atoms with Gasteiger partial charge in [0.1, 0.15) is 5.69 Å². The Morgan fingerprint density at radius 2 is 2.10 bits per heavy atom. The number of aromatic nitrogens is 4. The Balaban J connectivity index is 2.11. The molecule has 0 aliphatic heterocycles. The molecular formula is C12H13N5O4. The van der Waals surface area contributed by atoms with Crippen molar-refractivity contribution in [3.05, 3.63) is 39.2 Å². The van der Waals surface area contributed by atoms with Crippen molar-refractivity contribution < 1.29 is 14.7 Å². The second-order valence-corrected chi connectivity index (χ2v) is 4.43. The van der Waals surface area contributed by atoms with Crippen LogP contribution in [0.4, 0.5) is 5.82 Å². The molecule has 0 atom stereocenters. The molecule has 0 aliphatic carbocycles. The van der Waals surface area contributed by atoms with Crippen LogP contribution in [0.15, 0.2) is 10.9 Å². The molecular weight excluding hydrogens is 278 g/mol. The number of hydrogen-bond donors (Lipinski definition) is 4. The van der Waals surface area contributed by atoms with Crippen LogP contribution < -0.4 is 11.0 Å². The van der Waals surface area contributed by atoms with E-state index in [1.165, 1.54) is 6.07 Å². The van der Waals surface area contributed by atoms with E-state index in [4.69, 9.17) is 5.11 Å². The molecule has 2 aromatic heterocycles. The highest BCUT2D eigenvalue weighted by Crippen LogP contribution is 2.10. The van der Waals surface area contributed by atoms with E-state index in [0.717, 1.165) is 0 Å². The van der Waals surface area contributed by atoms with Crippen molar-refractivity contribution in [2.24, 2.45) is 0 Å². The lowest BCUT2D eigenvalue weighted by Gasteiger charge is -2.07. The third-order valence-electron chi connectivity index (χ3n) is 2.87. The maximum absolute atomic E-state index is 11.9. The lowest BCUT2D eigenvalue weighted by molar-refractivity contribution is -0.115. The molecule has 0 radical (unpaired) electrons. The van der Waals surface area contributed by atoms with Gasteiger partial charge in [-0.1, -0.05) is 0 Å². The number of nitrogens with one attached hydrogen (secondary N) is 3. The van der Waals surface area contributed by atoms with E-state index in [0.29, 0.717) is 17.0 Å². The second kappa shape index (κ2) is 5.57. The van der Waals surface area contributed by atoms with Crippen molar-refractivity contribution in [3.8, 4) is 0 Å². The highest BCUT2D eigenvalue weighted by Gasteiger charge is 2.13. The number of carbonyl (C=O) groups excluding carboxylic acids is 1. The molecule has 0 saturated heterocycles. The SMILES string of the molecule is Cc1nc(=O)[nH]c(C)c1CC(=O)Nc1cc(C(=O)O)[nH]n1. The van der Waals surface area contributed by atoms with Gasteiger partial charge in [0.05, 0.1) is 6.42 Å². The Bertz CT molecular complexity index is 735. The van der Waals surface area contributed by atoms with Gasteiger partial charge in [-0.05, 0) is 13.8 Å². The highest BCUT2D eigenvalue weighted by atomic mass is 16.4. The zero-order chi connectivity index (χ0) is 15.6. The first kappa shape index (κ1) is 14.4. The summed E-state index contributed by atoms with van der Waals surface area (Å²) in [5.41, 5.74) is 1.06. The predicted octanol–water partition coefficient (Wildman–Crippen LogP) is -0.0108. The van der Waals surface area contributed by atoms with Crippen LogP contribution in [-0.4, -0.2) is 37.1 Å². The van der Waals surface area contributed by atoms with Crippen LogP contribution in [0.3, 0.4) is 0 Å². The van der Waals surface area contributed by atoms with Crippen LogP contribution in [0.2, 0.25) is 0 Å². The molecule has 2 aromatic rings. The van der Waals surface area contributed by atoms with Crippen molar-refractivity contribution >= 4 is 17.7 Å². The number of rotatable bonds is 4. The van der Waals surface area contributed by atoms with E-state index in [2.05, 4.69) is 25.5 Å². The van der Waals surface area contributed by atoms with Crippen LogP contribution in [0.1, 0.15) is 27.4 Å². The van der Waals surface area contributed by atoms with Crippen LogP contribution in [0.5, 0.6) is 0 Å². The van der Waals surface area contributed by atoms with Crippen molar-refractivity contribution in [1.29, 1.82) is 0 Å². The van der Waals surface area contributed by atoms with Gasteiger partial charge in [0.15, 0.2) is 5.82 Å². The molecule has 2 heterocycles. The Labute approximate surface area is 118 Å². The van der Waals surface area contributed by atoms with Gasteiger partial charge in [-0.15, -0.1) is 0 Å². The molecule has 9 nitrogen and oxygen atoms in total. The van der Waals surface area contributed by atoms with Gasteiger partial charge in [0, 0.05) is 23.0 Å². The summed E-state index contributed by atoms with van der Waals surface area (Å²) in [6, 6.07) is 1.21. The van der Waals surface area contributed by atoms with Gasteiger partial charge in [0.25, 0.3) is 0 Å². The first-order chi connectivity index (χ1) is 9.86. The van der Waals surface area contributed by atoms with Gasteiger partial charge in [-0.25, -0.2) is 9.59 Å². The van der Waals surface area contributed by atoms with Crippen LogP contribution in [-0.2, 0) is 11.2 Å². The zero-order valence-electron chi connectivity index (χ0n) is 11.4. The van der Waals surface area contributed by atoms with Gasteiger partial charge >= 0.3 is 11.7 Å². The summed E-state index contributed by atoms with van der Waals surface area (Å²) in [6.45, 7) is 3.32. The summed E-state index contributed by atoms with van der Waals surface area (Å²) in [5, 5.41) is 17.2. The molecule has 2 rings (SSSR count). The number of hydrogen-bond acceptors (Lipinski definition) is 5. The molecule has 0 fully saturated rings. The molecule has 4 N–H and O–H groups in total. The zero-order valence-corrected chi connectivity index (χ0v) is 11.4. The topological polar surface area (TPSA) is 141 Å². The van der Waals surface area contributed by atoms with Gasteiger partial charge < -0.3 is 15.4 Å². The Kier molecular flexibility index (Phi) is 3.83. The minimum absolute atomic E-state index is 0.00326. The number of carboxylic acid groups (broad SMARTS) is 1. The number of carbonyl (C=O) groups is 2. The van der Waals surface area contributed by atoms with E-state index >= 15 is 0 Å². The molecule has 0 aromatic carbocycles. The second-order valence-electron chi connectivity index (χ2n) is 4.43. The maximum Gasteiger partial charge on any atom is 0.353 e. The number of nitrogens with zero attached hydrogens (tertiary/aromatic N) is 2. The Hall–Kier alpha value is -2.97. The minimum Gasteiger partial charge on any atom is -0.477 e. The quantitative estimate of drug-likeness (QED) is 0.624. The normalized spacial score (nSPS) is 10.4. The van der Waals surface area contributed by atoms with E-state index in [1.807, 2.05) is 0 Å². The van der Waals surface area contributed by atoms with Crippen molar-refractivity contribution in [2.45, 2.75) is 20.3 Å². The third-order valence-corrected chi connectivity index (χ3v) is 2.87. The monoisotopic (exact) mass is 291 g/mol. The molecule has 0 aliphatic rings. The van der Waals surface area contributed by atoms with Crippen LogP contribution in [0.25, 0.3) is 0 Å². The fourth-order valence-electron chi connectivity index (χ4n) is 1.86. The summed E-state index contributed by atoms with van der Waals surface area (Å²) in [7, 11) is 0. The number of anilines is 1. The Morgan fingerprint density at radius 3 is 2.67 bits per heavy atom. The molecule has 0 spiro atoms. The summed E-state index contributed by atoms with van der Waals surface area (Å²) >= 11 is 0. The van der Waals surface area contributed by atoms with Crippen molar-refractivity contribution in [1.82, 2.24) is 20.2 Å². The van der Waals surface area contributed by atoms with E-state index in [9.17, 15) is 14.4 Å². The third kappa shape index (κ3) is 3.32. The van der Waals surface area contributed by atoms with Crippen molar-refractivity contribution in [2.75, 3.05) is 5.32 Å². The number of amides is 1. The number of aryl methyl sites for hydroxylation is 2. The summed E-state index contributed by atoms with van der Waals surface area (Å²) in [5.74, 6) is -1.44. The molecule has 0 bridgehead atoms. The first-order valence-corrected chi connectivity index (χ1v) is 6.01. The fourth-order valence-corrected chi connectivity index (χ4v) is 1.86. The van der Waals surface area contributed by atoms with E-state index in [1.54, 1.807) is 13.8 Å². The lowest BCUT2D eigenvalue weighted by atomic mass is 10.1. The van der Waals surface area contributed by atoms with Crippen LogP contribution >= 0.6 is 0 Å². The predicted molar refractivity (Wildman–Crippen MR) is 72.2 cm³/mol. The standard InChI is InChI=1S/C12H13N5O4/c1-5-7(6(2)14-12(21)13-5)3-10(18)15-9-4-8(11(19)20)16-17-9/h4H,3H2,1-2H3,(H,19,20)(H,13,14,21)(H2,15,16,17,18). The van der Waals surface area contributed by atoms with Gasteiger partial charge in [-0.3, -0.25) is 9.89 Å². The smallest absolute Gasteiger partial charge is 0.353 e. The summed E-state index contributed by atoms with van der Waals surface area (Å²) in [6.07, 6.45) is -0.00326.